The van der Waals surface area contributed by atoms with Crippen LogP contribution in [0.4, 0.5) is 10.5 Å². The molecule has 3 aromatic rings. The maximum absolute atomic E-state index is 13.3. The predicted molar refractivity (Wildman–Crippen MR) is 142 cm³/mol. The average Bonchev–Trinajstić information content (AvgIpc) is 3.70. The molecule has 192 valence electrons. The number of nitrogens with zero attached hydrogens (tertiary/aromatic N) is 4. The molecule has 1 spiro atoms. The number of ether oxygens (including phenoxy) is 1. The van der Waals surface area contributed by atoms with E-state index in [-0.39, 0.29) is 11.4 Å². The highest BCUT2D eigenvalue weighted by Crippen LogP contribution is 2.54. The lowest BCUT2D eigenvalue weighted by atomic mass is 9.65. The topological polar surface area (TPSA) is 97.3 Å². The van der Waals surface area contributed by atoms with Crippen molar-refractivity contribution in [1.29, 1.82) is 0 Å². The summed E-state index contributed by atoms with van der Waals surface area (Å²) in [5.41, 5.74) is 6.02. The van der Waals surface area contributed by atoms with Crippen LogP contribution in [-0.2, 0) is 22.8 Å². The van der Waals surface area contributed by atoms with Crippen molar-refractivity contribution in [3.05, 3.63) is 59.8 Å². The van der Waals surface area contributed by atoms with Crippen LogP contribution in [0, 0.1) is 0 Å². The number of aromatic nitrogens is 3. The van der Waals surface area contributed by atoms with Crippen molar-refractivity contribution in [2.75, 3.05) is 24.3 Å². The molecule has 2 fully saturated rings. The molecule has 8 nitrogen and oxygen atoms in total. The molecule has 0 saturated heterocycles. The molecule has 1 unspecified atom stereocenters. The SMILES string of the molecule is CCS(=O)c1ccc(CNC(=O)N2CC3(CCC3)c3cc(-c4c(OC)ncnc4C4CC4)ccc32)nc1. The number of urea groups is 1. The number of fused-ring (bicyclic) bond motifs is 2. The number of carbonyl (C=O) groups excluding carboxylic acids is 1. The average molecular weight is 518 g/mol. The molecule has 0 radical (unpaired) electrons. The Kier molecular flexibility index (Phi) is 6.18. The zero-order chi connectivity index (χ0) is 25.6. The predicted octanol–water partition coefficient (Wildman–Crippen LogP) is 4.70. The van der Waals surface area contributed by atoms with Crippen LogP contribution in [0.3, 0.4) is 0 Å². The molecule has 2 saturated carbocycles. The Bertz CT molecular complexity index is 1370. The summed E-state index contributed by atoms with van der Waals surface area (Å²) in [4.78, 5) is 29.3. The van der Waals surface area contributed by atoms with Crippen molar-refractivity contribution in [2.24, 2.45) is 0 Å². The van der Waals surface area contributed by atoms with Gasteiger partial charge >= 0.3 is 6.03 Å². The van der Waals surface area contributed by atoms with E-state index >= 15 is 0 Å². The van der Waals surface area contributed by atoms with Crippen LogP contribution in [0.1, 0.15) is 61.9 Å². The summed E-state index contributed by atoms with van der Waals surface area (Å²) >= 11 is 0. The molecule has 2 aliphatic carbocycles. The Morgan fingerprint density at radius 1 is 1.19 bits per heavy atom. The van der Waals surface area contributed by atoms with E-state index in [0.717, 1.165) is 53.9 Å². The zero-order valence-corrected chi connectivity index (χ0v) is 22.0. The molecule has 3 heterocycles. The Morgan fingerprint density at radius 2 is 2.03 bits per heavy atom. The smallest absolute Gasteiger partial charge is 0.322 e. The Morgan fingerprint density at radius 3 is 2.68 bits per heavy atom. The van der Waals surface area contributed by atoms with E-state index in [9.17, 15) is 9.00 Å². The highest BCUT2D eigenvalue weighted by molar-refractivity contribution is 7.85. The highest BCUT2D eigenvalue weighted by Gasteiger charge is 2.48. The lowest BCUT2D eigenvalue weighted by Crippen LogP contribution is -2.45. The number of carbonyl (C=O) groups is 1. The van der Waals surface area contributed by atoms with Crippen LogP contribution in [-0.4, -0.2) is 44.6 Å². The van der Waals surface area contributed by atoms with Gasteiger partial charge in [-0.05, 0) is 61.1 Å². The van der Waals surface area contributed by atoms with Crippen molar-refractivity contribution in [1.82, 2.24) is 20.3 Å². The van der Waals surface area contributed by atoms with Gasteiger partial charge in [-0.3, -0.25) is 14.1 Å². The van der Waals surface area contributed by atoms with Gasteiger partial charge in [-0.2, -0.15) is 0 Å². The molecule has 1 N–H and O–H groups in total. The fourth-order valence-electron chi connectivity index (χ4n) is 5.59. The quantitative estimate of drug-likeness (QED) is 0.488. The number of benzene rings is 1. The van der Waals surface area contributed by atoms with Crippen LogP contribution in [0.5, 0.6) is 5.88 Å². The fraction of sp³-hybridized carbons (Fsp3) is 0.429. The molecule has 9 heteroatoms. The van der Waals surface area contributed by atoms with Crippen LogP contribution in [0.2, 0.25) is 0 Å². The van der Waals surface area contributed by atoms with E-state index in [0.29, 0.717) is 35.5 Å². The first kappa shape index (κ1) is 24.0. The van der Waals surface area contributed by atoms with Gasteiger partial charge in [-0.15, -0.1) is 0 Å². The minimum atomic E-state index is -1.03. The summed E-state index contributed by atoms with van der Waals surface area (Å²) in [7, 11) is 0.619. The molecule has 1 atom stereocenters. The lowest BCUT2D eigenvalue weighted by Gasteiger charge is -2.39. The Labute approximate surface area is 219 Å². The normalized spacial score (nSPS) is 18.3. The van der Waals surface area contributed by atoms with E-state index in [4.69, 9.17) is 4.74 Å². The summed E-state index contributed by atoms with van der Waals surface area (Å²) in [6.07, 6.45) is 8.82. The third kappa shape index (κ3) is 4.29. The molecular weight excluding hydrogens is 486 g/mol. The minimum Gasteiger partial charge on any atom is -0.480 e. The van der Waals surface area contributed by atoms with E-state index in [1.165, 1.54) is 12.0 Å². The first-order valence-corrected chi connectivity index (χ1v) is 14.3. The van der Waals surface area contributed by atoms with Gasteiger partial charge in [0.05, 0.1) is 46.3 Å². The van der Waals surface area contributed by atoms with Crippen molar-refractivity contribution >= 4 is 22.5 Å². The number of methoxy groups -OCH3 is 1. The number of pyridine rings is 1. The molecular formula is C28H31N5O3S. The maximum atomic E-state index is 13.3. The Balaban J connectivity index is 1.26. The molecule has 0 bridgehead atoms. The molecule has 1 aliphatic heterocycles. The summed E-state index contributed by atoms with van der Waals surface area (Å²) < 4.78 is 17.6. The maximum Gasteiger partial charge on any atom is 0.322 e. The van der Waals surface area contributed by atoms with Gasteiger partial charge in [-0.1, -0.05) is 19.4 Å². The van der Waals surface area contributed by atoms with Crippen molar-refractivity contribution < 1.29 is 13.7 Å². The second kappa shape index (κ2) is 9.52. The van der Waals surface area contributed by atoms with Crippen LogP contribution < -0.4 is 15.0 Å². The van der Waals surface area contributed by atoms with Gasteiger partial charge in [0.15, 0.2) is 0 Å². The number of nitrogens with one attached hydrogen (secondary N) is 1. The number of amides is 2. The zero-order valence-electron chi connectivity index (χ0n) is 21.2. The summed E-state index contributed by atoms with van der Waals surface area (Å²) in [6, 6.07) is 9.89. The second-order valence-electron chi connectivity index (χ2n) is 10.1. The lowest BCUT2D eigenvalue weighted by molar-refractivity contribution is 0.235. The second-order valence-corrected chi connectivity index (χ2v) is 11.9. The molecule has 3 aliphatic rings. The van der Waals surface area contributed by atoms with Crippen LogP contribution in [0.25, 0.3) is 11.1 Å². The Hall–Kier alpha value is -3.33. The van der Waals surface area contributed by atoms with E-state index in [1.807, 2.05) is 24.0 Å². The van der Waals surface area contributed by atoms with Crippen LogP contribution >= 0.6 is 0 Å². The standard InChI is InChI=1S/C28H31N5O3S/c1-3-37(35)21-9-8-20(29-15-21)14-30-27(34)33-16-28(11-4-12-28)22-13-19(7-10-23(22)33)24-25(18-5-6-18)31-17-32-26(24)36-2/h7-10,13,15,17-18H,3-6,11-12,14,16H2,1-2H3,(H,30,34). The molecule has 1 aromatic carbocycles. The largest absolute Gasteiger partial charge is 0.480 e. The number of anilines is 1. The van der Waals surface area contributed by atoms with E-state index < -0.39 is 10.8 Å². The summed E-state index contributed by atoms with van der Waals surface area (Å²) in [5, 5.41) is 3.04. The molecule has 37 heavy (non-hydrogen) atoms. The van der Waals surface area contributed by atoms with Gasteiger partial charge in [0.2, 0.25) is 5.88 Å². The van der Waals surface area contributed by atoms with Crippen molar-refractivity contribution in [3.8, 4) is 17.0 Å². The highest BCUT2D eigenvalue weighted by atomic mass is 32.2. The molecule has 2 amide bonds. The third-order valence-electron chi connectivity index (χ3n) is 7.91. The molecule has 2 aromatic heterocycles. The van der Waals surface area contributed by atoms with Crippen molar-refractivity contribution in [2.45, 2.75) is 61.8 Å². The fourth-order valence-corrected chi connectivity index (χ4v) is 6.31. The van der Waals surface area contributed by atoms with Gasteiger partial charge in [0.25, 0.3) is 0 Å². The molecule has 6 rings (SSSR count). The van der Waals surface area contributed by atoms with Gasteiger partial charge in [0.1, 0.15) is 6.33 Å². The van der Waals surface area contributed by atoms with Gasteiger partial charge in [-0.25, -0.2) is 14.8 Å². The first-order valence-electron chi connectivity index (χ1n) is 13.0. The van der Waals surface area contributed by atoms with E-state index in [2.05, 4.69) is 38.5 Å². The van der Waals surface area contributed by atoms with Crippen molar-refractivity contribution in [3.63, 3.8) is 0 Å². The number of rotatable bonds is 7. The van der Waals surface area contributed by atoms with Gasteiger partial charge < -0.3 is 10.1 Å². The van der Waals surface area contributed by atoms with E-state index in [1.54, 1.807) is 19.6 Å². The summed E-state index contributed by atoms with van der Waals surface area (Å²) in [6.45, 7) is 2.88. The number of hydrogen-bond donors (Lipinski definition) is 1. The van der Waals surface area contributed by atoms with Crippen LogP contribution in [0.15, 0.2) is 47.8 Å². The monoisotopic (exact) mass is 517 g/mol. The minimum absolute atomic E-state index is 0.00455. The number of hydrogen-bond acceptors (Lipinski definition) is 6. The summed E-state index contributed by atoms with van der Waals surface area (Å²) in [5.74, 6) is 1.62. The first-order chi connectivity index (χ1) is 18.0. The van der Waals surface area contributed by atoms with Gasteiger partial charge in [0, 0.05) is 35.5 Å². The third-order valence-corrected chi connectivity index (χ3v) is 9.20.